The zero-order valence-electron chi connectivity index (χ0n) is 12.7. The van der Waals surface area contributed by atoms with E-state index in [0.29, 0.717) is 12.1 Å². The van der Waals surface area contributed by atoms with Gasteiger partial charge in [-0.1, -0.05) is 54.6 Å². The van der Waals surface area contributed by atoms with Crippen LogP contribution in [0.1, 0.15) is 22.8 Å². The van der Waals surface area contributed by atoms with Gasteiger partial charge in [-0.2, -0.15) is 0 Å². The number of amides is 2. The van der Waals surface area contributed by atoms with E-state index in [1.54, 1.807) is 0 Å². The molecule has 4 rings (SSSR count). The van der Waals surface area contributed by atoms with E-state index in [1.165, 1.54) is 11.8 Å². The molecule has 0 radical (unpaired) electrons. The monoisotopic (exact) mass is 301 g/mol. The maximum Gasteiger partial charge on any atom is 0.261 e. The van der Waals surface area contributed by atoms with Crippen LogP contribution >= 0.6 is 0 Å². The fraction of sp³-hybridized carbons (Fsp3) is 0.100. The van der Waals surface area contributed by atoms with Gasteiger partial charge in [0.15, 0.2) is 0 Å². The summed E-state index contributed by atoms with van der Waals surface area (Å²) in [6.45, 7) is 1.79. The number of benzene rings is 3. The Kier molecular flexibility index (Phi) is 3.01. The van der Waals surface area contributed by atoms with Crippen LogP contribution in [-0.4, -0.2) is 16.7 Å². The second kappa shape index (κ2) is 5.06. The Morgan fingerprint density at radius 2 is 1.65 bits per heavy atom. The van der Waals surface area contributed by atoms with Crippen molar-refractivity contribution in [2.45, 2.75) is 13.5 Å². The Morgan fingerprint density at radius 3 is 2.39 bits per heavy atom. The number of carbonyl (C=O) groups is 2. The Bertz CT molecular complexity index is 945. The first-order valence-corrected chi connectivity index (χ1v) is 7.59. The molecule has 0 spiro atoms. The molecule has 3 nitrogen and oxygen atoms in total. The molecule has 0 atom stereocenters. The largest absolute Gasteiger partial charge is 0.275 e. The standard InChI is InChI=1S/C20H15NO2/c1-13(22)21-12-16-11-15-9-5-6-10-17(15)18(19(16)20(21)23)14-7-3-2-4-8-14/h2-11H,12H2,1H3. The van der Waals surface area contributed by atoms with Crippen molar-refractivity contribution in [3.8, 4) is 11.1 Å². The van der Waals surface area contributed by atoms with Gasteiger partial charge in [-0.25, -0.2) is 0 Å². The summed E-state index contributed by atoms with van der Waals surface area (Å²) in [5, 5.41) is 2.12. The molecule has 3 aromatic rings. The number of hydrogen-bond acceptors (Lipinski definition) is 2. The number of carbonyl (C=O) groups excluding carboxylic acids is 2. The van der Waals surface area contributed by atoms with Crippen LogP contribution in [0.5, 0.6) is 0 Å². The highest BCUT2D eigenvalue weighted by molar-refractivity contribution is 6.16. The SMILES string of the molecule is CC(=O)N1Cc2cc3ccccc3c(-c3ccccc3)c2C1=O. The van der Waals surface area contributed by atoms with Crippen LogP contribution in [0.2, 0.25) is 0 Å². The van der Waals surface area contributed by atoms with E-state index in [2.05, 4.69) is 0 Å². The normalized spacial score (nSPS) is 13.4. The molecule has 1 aliphatic heterocycles. The van der Waals surface area contributed by atoms with Crippen molar-refractivity contribution in [1.82, 2.24) is 4.90 Å². The molecule has 2 amide bonds. The van der Waals surface area contributed by atoms with E-state index in [-0.39, 0.29) is 11.8 Å². The maximum absolute atomic E-state index is 12.8. The van der Waals surface area contributed by atoms with E-state index >= 15 is 0 Å². The molecule has 0 saturated carbocycles. The Hall–Kier alpha value is -2.94. The van der Waals surface area contributed by atoms with Gasteiger partial charge < -0.3 is 0 Å². The Labute approximate surface area is 134 Å². The molecule has 0 N–H and O–H groups in total. The second-order valence-electron chi connectivity index (χ2n) is 5.78. The fourth-order valence-corrected chi connectivity index (χ4v) is 3.31. The first kappa shape index (κ1) is 13.7. The summed E-state index contributed by atoms with van der Waals surface area (Å²) in [4.78, 5) is 25.9. The summed E-state index contributed by atoms with van der Waals surface area (Å²) in [6.07, 6.45) is 0. The first-order valence-electron chi connectivity index (χ1n) is 7.59. The molecule has 0 aliphatic carbocycles. The number of rotatable bonds is 1. The summed E-state index contributed by atoms with van der Waals surface area (Å²) in [7, 11) is 0. The first-order chi connectivity index (χ1) is 11.2. The summed E-state index contributed by atoms with van der Waals surface area (Å²) >= 11 is 0. The van der Waals surface area contributed by atoms with Gasteiger partial charge in [-0.05, 0) is 28.0 Å². The van der Waals surface area contributed by atoms with Gasteiger partial charge in [0.05, 0.1) is 12.1 Å². The molecule has 0 fully saturated rings. The van der Waals surface area contributed by atoms with Crippen LogP contribution in [0.4, 0.5) is 0 Å². The van der Waals surface area contributed by atoms with Crippen molar-refractivity contribution in [2.75, 3.05) is 0 Å². The molecule has 0 saturated heterocycles. The van der Waals surface area contributed by atoms with Gasteiger partial charge in [0.2, 0.25) is 5.91 Å². The predicted octanol–water partition coefficient (Wildman–Crippen LogP) is 4.01. The fourth-order valence-electron chi connectivity index (χ4n) is 3.31. The van der Waals surface area contributed by atoms with Gasteiger partial charge in [0.1, 0.15) is 0 Å². The number of nitrogens with zero attached hydrogens (tertiary/aromatic N) is 1. The molecule has 3 aromatic carbocycles. The summed E-state index contributed by atoms with van der Waals surface area (Å²) in [6, 6.07) is 20.0. The van der Waals surface area contributed by atoms with Gasteiger partial charge in [0.25, 0.3) is 5.91 Å². The highest BCUT2D eigenvalue weighted by Gasteiger charge is 2.33. The summed E-state index contributed by atoms with van der Waals surface area (Å²) < 4.78 is 0. The minimum Gasteiger partial charge on any atom is -0.275 e. The van der Waals surface area contributed by atoms with Crippen molar-refractivity contribution in [1.29, 1.82) is 0 Å². The predicted molar refractivity (Wildman–Crippen MR) is 89.9 cm³/mol. The van der Waals surface area contributed by atoms with Crippen molar-refractivity contribution < 1.29 is 9.59 Å². The summed E-state index contributed by atoms with van der Waals surface area (Å²) in [5.41, 5.74) is 3.50. The minimum absolute atomic E-state index is 0.197. The average Bonchev–Trinajstić information content (AvgIpc) is 2.90. The smallest absolute Gasteiger partial charge is 0.261 e. The van der Waals surface area contributed by atoms with Crippen molar-refractivity contribution >= 4 is 22.6 Å². The number of imide groups is 1. The Balaban J connectivity index is 2.09. The van der Waals surface area contributed by atoms with E-state index in [1.807, 2.05) is 60.7 Å². The van der Waals surface area contributed by atoms with E-state index in [4.69, 9.17) is 0 Å². The third-order valence-corrected chi connectivity index (χ3v) is 4.36. The van der Waals surface area contributed by atoms with Crippen LogP contribution in [-0.2, 0) is 11.3 Å². The van der Waals surface area contributed by atoms with E-state index < -0.39 is 0 Å². The third kappa shape index (κ3) is 2.05. The molecule has 112 valence electrons. The van der Waals surface area contributed by atoms with Crippen LogP contribution in [0, 0.1) is 0 Å². The van der Waals surface area contributed by atoms with Crippen LogP contribution in [0.25, 0.3) is 21.9 Å². The van der Waals surface area contributed by atoms with Gasteiger partial charge in [0, 0.05) is 12.5 Å². The lowest BCUT2D eigenvalue weighted by Crippen LogP contribution is -2.28. The lowest BCUT2D eigenvalue weighted by molar-refractivity contribution is -0.126. The molecule has 0 aromatic heterocycles. The van der Waals surface area contributed by atoms with Crippen LogP contribution in [0.15, 0.2) is 60.7 Å². The highest BCUT2D eigenvalue weighted by Crippen LogP contribution is 2.38. The number of fused-ring (bicyclic) bond motifs is 2. The molecule has 0 bridgehead atoms. The van der Waals surface area contributed by atoms with Gasteiger partial charge in [-0.3, -0.25) is 14.5 Å². The lowest BCUT2D eigenvalue weighted by atomic mass is 9.91. The van der Waals surface area contributed by atoms with Crippen molar-refractivity contribution in [2.24, 2.45) is 0 Å². The number of hydrogen-bond donors (Lipinski definition) is 0. The molecule has 3 heteroatoms. The topological polar surface area (TPSA) is 37.4 Å². The second-order valence-corrected chi connectivity index (χ2v) is 5.78. The van der Waals surface area contributed by atoms with E-state index in [0.717, 1.165) is 27.5 Å². The molecule has 0 unspecified atom stereocenters. The Morgan fingerprint density at radius 1 is 0.957 bits per heavy atom. The van der Waals surface area contributed by atoms with Crippen LogP contribution < -0.4 is 0 Å². The summed E-state index contributed by atoms with van der Waals surface area (Å²) in [5.74, 6) is -0.411. The lowest BCUT2D eigenvalue weighted by Gasteiger charge is -2.12. The highest BCUT2D eigenvalue weighted by atomic mass is 16.2. The third-order valence-electron chi connectivity index (χ3n) is 4.36. The average molecular weight is 301 g/mol. The molecule has 1 heterocycles. The zero-order chi connectivity index (χ0) is 16.0. The van der Waals surface area contributed by atoms with Crippen molar-refractivity contribution in [3.05, 3.63) is 71.8 Å². The van der Waals surface area contributed by atoms with Gasteiger partial charge >= 0.3 is 0 Å². The molecule has 23 heavy (non-hydrogen) atoms. The molecular weight excluding hydrogens is 286 g/mol. The molecular formula is C20H15NO2. The minimum atomic E-state index is -0.214. The van der Waals surface area contributed by atoms with Crippen LogP contribution in [0.3, 0.4) is 0 Å². The van der Waals surface area contributed by atoms with Gasteiger partial charge in [-0.15, -0.1) is 0 Å². The maximum atomic E-state index is 12.8. The zero-order valence-corrected chi connectivity index (χ0v) is 12.7. The molecule has 1 aliphatic rings. The van der Waals surface area contributed by atoms with E-state index in [9.17, 15) is 9.59 Å². The van der Waals surface area contributed by atoms with Crippen molar-refractivity contribution in [3.63, 3.8) is 0 Å². The quantitative estimate of drug-likeness (QED) is 0.681.